The molecule has 1 aliphatic heterocycles. The summed E-state index contributed by atoms with van der Waals surface area (Å²) in [6.07, 6.45) is 3.08. The number of nitrogens with zero attached hydrogens (tertiary/aromatic N) is 1. The highest BCUT2D eigenvalue weighted by atomic mass is 79.9. The maximum Gasteiger partial charge on any atom is 0.222 e. The van der Waals surface area contributed by atoms with Crippen molar-refractivity contribution in [2.24, 2.45) is 5.92 Å². The molecule has 1 aliphatic rings. The summed E-state index contributed by atoms with van der Waals surface area (Å²) >= 11 is 3.24. The molecular formula is C16H22BrFN2O. The Morgan fingerprint density at radius 3 is 3.05 bits per heavy atom. The third-order valence-corrected chi connectivity index (χ3v) is 4.48. The van der Waals surface area contributed by atoms with Crippen LogP contribution in [0.25, 0.3) is 0 Å². The maximum absolute atomic E-state index is 13.7. The fourth-order valence-corrected chi connectivity index (χ4v) is 3.20. The van der Waals surface area contributed by atoms with Crippen molar-refractivity contribution in [2.45, 2.75) is 25.7 Å². The summed E-state index contributed by atoms with van der Waals surface area (Å²) in [5, 5.41) is 3.18. The molecular weight excluding hydrogens is 335 g/mol. The van der Waals surface area contributed by atoms with E-state index in [0.717, 1.165) is 30.5 Å². The summed E-state index contributed by atoms with van der Waals surface area (Å²) in [6, 6.07) is 5.00. The fourth-order valence-electron chi connectivity index (χ4n) is 2.87. The van der Waals surface area contributed by atoms with E-state index in [0.29, 0.717) is 24.3 Å². The van der Waals surface area contributed by atoms with E-state index in [2.05, 4.69) is 21.2 Å². The van der Waals surface area contributed by atoms with Gasteiger partial charge in [-0.1, -0.05) is 22.0 Å². The van der Waals surface area contributed by atoms with Crippen molar-refractivity contribution in [2.75, 3.05) is 26.7 Å². The molecule has 5 heteroatoms. The zero-order valence-electron chi connectivity index (χ0n) is 12.4. The molecule has 21 heavy (non-hydrogen) atoms. The number of aryl methyl sites for hydroxylation is 1. The lowest BCUT2D eigenvalue weighted by Gasteiger charge is -2.32. The van der Waals surface area contributed by atoms with Gasteiger partial charge in [-0.15, -0.1) is 0 Å². The number of hydrogen-bond acceptors (Lipinski definition) is 2. The molecule has 1 aromatic carbocycles. The molecule has 1 fully saturated rings. The highest BCUT2D eigenvalue weighted by molar-refractivity contribution is 9.10. The molecule has 0 aliphatic carbocycles. The van der Waals surface area contributed by atoms with Crippen LogP contribution < -0.4 is 5.32 Å². The zero-order chi connectivity index (χ0) is 15.2. The van der Waals surface area contributed by atoms with Crippen LogP contribution in [-0.4, -0.2) is 37.5 Å². The molecule has 2 rings (SSSR count). The zero-order valence-corrected chi connectivity index (χ0v) is 14.0. The highest BCUT2D eigenvalue weighted by Gasteiger charge is 2.23. The molecule has 0 spiro atoms. The van der Waals surface area contributed by atoms with Crippen molar-refractivity contribution < 1.29 is 9.18 Å². The highest BCUT2D eigenvalue weighted by Crippen LogP contribution is 2.19. The van der Waals surface area contributed by atoms with E-state index < -0.39 is 0 Å². The van der Waals surface area contributed by atoms with Gasteiger partial charge in [0.1, 0.15) is 5.82 Å². The van der Waals surface area contributed by atoms with Gasteiger partial charge in [-0.2, -0.15) is 0 Å². The first-order valence-corrected chi connectivity index (χ1v) is 8.25. The van der Waals surface area contributed by atoms with Gasteiger partial charge in [0, 0.05) is 24.0 Å². The van der Waals surface area contributed by atoms with Gasteiger partial charge in [-0.3, -0.25) is 4.79 Å². The van der Waals surface area contributed by atoms with Crippen LogP contribution in [0.4, 0.5) is 4.39 Å². The summed E-state index contributed by atoms with van der Waals surface area (Å²) in [6.45, 7) is 2.61. The van der Waals surface area contributed by atoms with E-state index >= 15 is 0 Å². The average Bonchev–Trinajstić information content (AvgIpc) is 2.47. The van der Waals surface area contributed by atoms with Gasteiger partial charge >= 0.3 is 0 Å². The quantitative estimate of drug-likeness (QED) is 0.879. The standard InChI is InChI=1S/C16H22BrFN2O/c1-19-10-12-3-2-8-20(11-12)16(21)7-5-13-4-6-14(17)9-15(13)18/h4,6,9,12,19H,2-3,5,7-8,10-11H2,1H3/t12-/m1/s1. The van der Waals surface area contributed by atoms with E-state index in [4.69, 9.17) is 0 Å². The molecule has 1 saturated heterocycles. The van der Waals surface area contributed by atoms with Gasteiger partial charge in [-0.05, 0) is 56.5 Å². The number of amides is 1. The Kier molecular flexibility index (Phi) is 6.18. The smallest absolute Gasteiger partial charge is 0.222 e. The predicted molar refractivity (Wildman–Crippen MR) is 85.7 cm³/mol. The van der Waals surface area contributed by atoms with E-state index in [1.807, 2.05) is 18.0 Å². The van der Waals surface area contributed by atoms with Gasteiger partial charge < -0.3 is 10.2 Å². The fraction of sp³-hybridized carbons (Fsp3) is 0.562. The van der Waals surface area contributed by atoms with Gasteiger partial charge in [0.25, 0.3) is 0 Å². The van der Waals surface area contributed by atoms with Crippen molar-refractivity contribution in [3.05, 3.63) is 34.1 Å². The second kappa shape index (κ2) is 7.90. The Balaban J connectivity index is 1.86. The number of halogens is 2. The molecule has 0 radical (unpaired) electrons. The molecule has 1 amide bonds. The lowest BCUT2D eigenvalue weighted by Crippen LogP contribution is -2.42. The van der Waals surface area contributed by atoms with Crippen LogP contribution >= 0.6 is 15.9 Å². The second-order valence-corrected chi connectivity index (χ2v) is 6.56. The number of piperidine rings is 1. The monoisotopic (exact) mass is 356 g/mol. The number of benzene rings is 1. The van der Waals surface area contributed by atoms with E-state index in [1.54, 1.807) is 6.07 Å². The lowest BCUT2D eigenvalue weighted by atomic mass is 9.97. The molecule has 1 atom stereocenters. The largest absolute Gasteiger partial charge is 0.342 e. The average molecular weight is 357 g/mol. The first-order valence-electron chi connectivity index (χ1n) is 7.46. The first kappa shape index (κ1) is 16.4. The summed E-state index contributed by atoms with van der Waals surface area (Å²) in [5.74, 6) is 0.430. The number of nitrogens with one attached hydrogen (secondary N) is 1. The topological polar surface area (TPSA) is 32.3 Å². The minimum atomic E-state index is -0.246. The number of carbonyl (C=O) groups is 1. The summed E-state index contributed by atoms with van der Waals surface area (Å²) < 4.78 is 14.5. The van der Waals surface area contributed by atoms with Crippen LogP contribution in [0, 0.1) is 11.7 Å². The van der Waals surface area contributed by atoms with Crippen molar-refractivity contribution in [1.82, 2.24) is 10.2 Å². The Morgan fingerprint density at radius 2 is 2.33 bits per heavy atom. The summed E-state index contributed by atoms with van der Waals surface area (Å²) in [4.78, 5) is 14.2. The van der Waals surface area contributed by atoms with Crippen LogP contribution in [0.5, 0.6) is 0 Å². The Bertz CT molecular complexity index is 493. The van der Waals surface area contributed by atoms with Gasteiger partial charge in [0.2, 0.25) is 5.91 Å². The van der Waals surface area contributed by atoms with Crippen LogP contribution in [0.2, 0.25) is 0 Å². The van der Waals surface area contributed by atoms with Crippen LogP contribution in [0.3, 0.4) is 0 Å². The molecule has 116 valence electrons. The van der Waals surface area contributed by atoms with E-state index in [9.17, 15) is 9.18 Å². The minimum absolute atomic E-state index is 0.137. The maximum atomic E-state index is 13.7. The minimum Gasteiger partial charge on any atom is -0.342 e. The predicted octanol–water partition coefficient (Wildman–Crippen LogP) is 2.98. The van der Waals surface area contributed by atoms with E-state index in [-0.39, 0.29) is 11.7 Å². The molecule has 1 aromatic rings. The van der Waals surface area contributed by atoms with Crippen molar-refractivity contribution in [3.8, 4) is 0 Å². The van der Waals surface area contributed by atoms with Crippen molar-refractivity contribution in [3.63, 3.8) is 0 Å². The summed E-state index contributed by atoms with van der Waals surface area (Å²) in [7, 11) is 1.94. The van der Waals surface area contributed by atoms with Crippen LogP contribution in [0.1, 0.15) is 24.8 Å². The summed E-state index contributed by atoms with van der Waals surface area (Å²) in [5.41, 5.74) is 0.607. The Morgan fingerprint density at radius 1 is 1.52 bits per heavy atom. The van der Waals surface area contributed by atoms with Gasteiger partial charge in [0.15, 0.2) is 0 Å². The SMILES string of the molecule is CNC[C@H]1CCCN(C(=O)CCc2ccc(Br)cc2F)C1. The number of likely N-dealkylation sites (tertiary alicyclic amines) is 1. The van der Waals surface area contributed by atoms with Gasteiger partial charge in [0.05, 0.1) is 0 Å². The molecule has 0 bridgehead atoms. The number of carbonyl (C=O) groups excluding carboxylic acids is 1. The molecule has 3 nitrogen and oxygen atoms in total. The number of rotatable bonds is 5. The number of hydrogen-bond donors (Lipinski definition) is 1. The van der Waals surface area contributed by atoms with E-state index in [1.165, 1.54) is 12.5 Å². The Hall–Kier alpha value is -0.940. The molecule has 0 aromatic heterocycles. The Labute approximate surface area is 134 Å². The van der Waals surface area contributed by atoms with Crippen LogP contribution in [-0.2, 0) is 11.2 Å². The molecule has 0 unspecified atom stereocenters. The molecule has 1 N–H and O–H groups in total. The van der Waals surface area contributed by atoms with Crippen molar-refractivity contribution >= 4 is 21.8 Å². The third kappa shape index (κ3) is 4.78. The third-order valence-electron chi connectivity index (χ3n) is 3.99. The normalized spacial score (nSPS) is 18.8. The van der Waals surface area contributed by atoms with Crippen molar-refractivity contribution in [1.29, 1.82) is 0 Å². The van der Waals surface area contributed by atoms with Gasteiger partial charge in [-0.25, -0.2) is 4.39 Å². The molecule has 0 saturated carbocycles. The first-order chi connectivity index (χ1) is 10.1. The molecule has 1 heterocycles. The van der Waals surface area contributed by atoms with Crippen LogP contribution in [0.15, 0.2) is 22.7 Å². The second-order valence-electron chi connectivity index (χ2n) is 5.64. The lowest BCUT2D eigenvalue weighted by molar-refractivity contribution is -0.132.